The van der Waals surface area contributed by atoms with E-state index in [2.05, 4.69) is 10.1 Å². The van der Waals surface area contributed by atoms with Crippen LogP contribution in [0.25, 0.3) is 0 Å². The Morgan fingerprint density at radius 2 is 2.08 bits per heavy atom. The van der Waals surface area contributed by atoms with Gasteiger partial charge in [0.25, 0.3) is 0 Å². The molecule has 5 heteroatoms. The lowest BCUT2D eigenvalue weighted by Crippen LogP contribution is -2.58. The van der Waals surface area contributed by atoms with Gasteiger partial charge in [0.2, 0.25) is 5.91 Å². The molecule has 0 aromatic carbocycles. The van der Waals surface area contributed by atoms with Crippen LogP contribution in [0.4, 0.5) is 0 Å². The summed E-state index contributed by atoms with van der Waals surface area (Å²) in [5.74, 6) is -0.881. The van der Waals surface area contributed by atoms with E-state index in [4.69, 9.17) is 4.74 Å². The van der Waals surface area contributed by atoms with Gasteiger partial charge in [-0.25, -0.2) is 0 Å². The SMILES string of the molecule is CNC(=O)C1(C(=O)OC)COC1. The second-order valence-corrected chi connectivity index (χ2v) is 2.65. The van der Waals surface area contributed by atoms with Crippen LogP contribution < -0.4 is 5.32 Å². The van der Waals surface area contributed by atoms with E-state index >= 15 is 0 Å². The first-order valence-electron chi connectivity index (χ1n) is 3.56. The van der Waals surface area contributed by atoms with Crippen molar-refractivity contribution in [1.82, 2.24) is 5.32 Å². The smallest absolute Gasteiger partial charge is 0.326 e. The second-order valence-electron chi connectivity index (χ2n) is 2.65. The monoisotopic (exact) mass is 173 g/mol. The minimum atomic E-state index is -1.09. The van der Waals surface area contributed by atoms with Crippen LogP contribution in [0.15, 0.2) is 0 Å². The van der Waals surface area contributed by atoms with Crippen LogP contribution in [0.2, 0.25) is 0 Å². The average molecular weight is 173 g/mol. The van der Waals surface area contributed by atoms with Gasteiger partial charge in [0.1, 0.15) is 0 Å². The van der Waals surface area contributed by atoms with Gasteiger partial charge in [-0.2, -0.15) is 0 Å². The number of esters is 1. The van der Waals surface area contributed by atoms with E-state index in [1.807, 2.05) is 0 Å². The van der Waals surface area contributed by atoms with E-state index in [-0.39, 0.29) is 19.1 Å². The van der Waals surface area contributed by atoms with Gasteiger partial charge >= 0.3 is 5.97 Å². The van der Waals surface area contributed by atoms with Crippen LogP contribution in [0.3, 0.4) is 0 Å². The third-order valence-electron chi connectivity index (χ3n) is 1.93. The summed E-state index contributed by atoms with van der Waals surface area (Å²) in [6.45, 7) is 0.221. The lowest BCUT2D eigenvalue weighted by molar-refractivity contribution is -0.187. The zero-order valence-electron chi connectivity index (χ0n) is 7.05. The number of ether oxygens (including phenoxy) is 2. The summed E-state index contributed by atoms with van der Waals surface area (Å²) in [6.07, 6.45) is 0. The first-order chi connectivity index (χ1) is 5.67. The topological polar surface area (TPSA) is 64.6 Å². The van der Waals surface area contributed by atoms with Crippen molar-refractivity contribution in [2.24, 2.45) is 5.41 Å². The first kappa shape index (κ1) is 8.99. The molecule has 0 aliphatic carbocycles. The van der Waals surface area contributed by atoms with Crippen LogP contribution in [-0.2, 0) is 19.1 Å². The Morgan fingerprint density at radius 1 is 1.50 bits per heavy atom. The Labute approximate surface area is 70.0 Å². The van der Waals surface area contributed by atoms with Gasteiger partial charge in [0, 0.05) is 7.05 Å². The van der Waals surface area contributed by atoms with Crippen molar-refractivity contribution in [2.45, 2.75) is 0 Å². The number of carbonyl (C=O) groups is 2. The molecule has 0 atom stereocenters. The van der Waals surface area contributed by atoms with E-state index in [9.17, 15) is 9.59 Å². The third kappa shape index (κ3) is 1.06. The standard InChI is InChI=1S/C7H11NO4/c1-8-5(9)7(3-12-4-7)6(10)11-2/h3-4H2,1-2H3,(H,8,9). The molecule has 0 bridgehead atoms. The Hall–Kier alpha value is -1.10. The minimum absolute atomic E-state index is 0.110. The summed E-state index contributed by atoms with van der Waals surface area (Å²) < 4.78 is 9.32. The molecule has 12 heavy (non-hydrogen) atoms. The molecule has 0 aromatic heterocycles. The van der Waals surface area contributed by atoms with Gasteiger partial charge in [0.15, 0.2) is 5.41 Å². The van der Waals surface area contributed by atoms with Crippen molar-refractivity contribution >= 4 is 11.9 Å². The Balaban J connectivity index is 2.75. The molecule has 1 saturated heterocycles. The molecule has 1 N–H and O–H groups in total. The zero-order chi connectivity index (χ0) is 9.19. The number of nitrogens with one attached hydrogen (secondary N) is 1. The van der Waals surface area contributed by atoms with Crippen molar-refractivity contribution in [2.75, 3.05) is 27.4 Å². The fourth-order valence-electron chi connectivity index (χ4n) is 1.08. The lowest BCUT2D eigenvalue weighted by atomic mass is 9.85. The predicted octanol–water partition coefficient (Wildman–Crippen LogP) is -1.08. The number of hydrogen-bond donors (Lipinski definition) is 1. The summed E-state index contributed by atoms with van der Waals surface area (Å²) >= 11 is 0. The average Bonchev–Trinajstić information content (AvgIpc) is 2.01. The predicted molar refractivity (Wildman–Crippen MR) is 39.3 cm³/mol. The highest BCUT2D eigenvalue weighted by molar-refractivity contribution is 6.03. The molecule has 0 aromatic rings. The third-order valence-corrected chi connectivity index (χ3v) is 1.93. The van der Waals surface area contributed by atoms with Crippen LogP contribution in [0, 0.1) is 5.41 Å². The van der Waals surface area contributed by atoms with Gasteiger partial charge in [0.05, 0.1) is 20.3 Å². The highest BCUT2D eigenvalue weighted by Crippen LogP contribution is 2.28. The number of amides is 1. The van der Waals surface area contributed by atoms with Gasteiger partial charge in [-0.1, -0.05) is 0 Å². The molecule has 0 unspecified atom stereocenters. The fraction of sp³-hybridized carbons (Fsp3) is 0.714. The molecule has 1 aliphatic heterocycles. The van der Waals surface area contributed by atoms with Gasteiger partial charge in [-0.05, 0) is 0 Å². The maximum Gasteiger partial charge on any atom is 0.326 e. The summed E-state index contributed by atoms with van der Waals surface area (Å²) in [4.78, 5) is 22.4. The normalized spacial score (nSPS) is 19.2. The Morgan fingerprint density at radius 3 is 2.33 bits per heavy atom. The number of methoxy groups -OCH3 is 1. The van der Waals surface area contributed by atoms with Gasteiger partial charge < -0.3 is 14.8 Å². The van der Waals surface area contributed by atoms with E-state index in [0.717, 1.165) is 0 Å². The molecule has 68 valence electrons. The molecular weight excluding hydrogens is 162 g/mol. The number of hydrogen-bond acceptors (Lipinski definition) is 4. The molecule has 1 fully saturated rings. The van der Waals surface area contributed by atoms with Crippen molar-refractivity contribution < 1.29 is 19.1 Å². The Bertz CT molecular complexity index is 191. The van der Waals surface area contributed by atoms with Crippen LogP contribution in [0.5, 0.6) is 0 Å². The van der Waals surface area contributed by atoms with E-state index in [0.29, 0.717) is 0 Å². The highest BCUT2D eigenvalue weighted by Gasteiger charge is 2.53. The van der Waals surface area contributed by atoms with E-state index in [1.54, 1.807) is 0 Å². The van der Waals surface area contributed by atoms with Crippen molar-refractivity contribution in [3.63, 3.8) is 0 Å². The van der Waals surface area contributed by atoms with Crippen LogP contribution >= 0.6 is 0 Å². The molecular formula is C7H11NO4. The second kappa shape index (κ2) is 3.10. The van der Waals surface area contributed by atoms with Gasteiger partial charge in [-0.3, -0.25) is 9.59 Å². The van der Waals surface area contributed by atoms with E-state index < -0.39 is 11.4 Å². The molecule has 1 rings (SSSR count). The zero-order valence-corrected chi connectivity index (χ0v) is 7.05. The number of carbonyl (C=O) groups excluding carboxylic acids is 2. The van der Waals surface area contributed by atoms with E-state index in [1.165, 1.54) is 14.2 Å². The minimum Gasteiger partial charge on any atom is -0.468 e. The number of rotatable bonds is 2. The molecule has 0 saturated carbocycles. The van der Waals surface area contributed by atoms with Gasteiger partial charge in [-0.15, -0.1) is 0 Å². The van der Waals surface area contributed by atoms with Crippen LogP contribution in [-0.4, -0.2) is 39.2 Å². The quantitative estimate of drug-likeness (QED) is 0.426. The maximum atomic E-state index is 11.2. The highest BCUT2D eigenvalue weighted by atomic mass is 16.5. The van der Waals surface area contributed by atoms with Crippen molar-refractivity contribution in [1.29, 1.82) is 0 Å². The summed E-state index contributed by atoms with van der Waals surface area (Å²) in [5.41, 5.74) is -1.09. The van der Waals surface area contributed by atoms with Crippen LogP contribution in [0.1, 0.15) is 0 Å². The van der Waals surface area contributed by atoms with Crippen molar-refractivity contribution in [3.8, 4) is 0 Å². The fourth-order valence-corrected chi connectivity index (χ4v) is 1.08. The largest absolute Gasteiger partial charge is 0.468 e. The molecule has 0 radical (unpaired) electrons. The molecule has 5 nitrogen and oxygen atoms in total. The molecule has 0 spiro atoms. The first-order valence-corrected chi connectivity index (χ1v) is 3.56. The lowest BCUT2D eigenvalue weighted by Gasteiger charge is -2.36. The Kier molecular flexibility index (Phi) is 2.32. The molecule has 1 heterocycles. The van der Waals surface area contributed by atoms with Crippen molar-refractivity contribution in [3.05, 3.63) is 0 Å². The molecule has 1 amide bonds. The molecule has 1 aliphatic rings. The maximum absolute atomic E-state index is 11.2. The summed E-state index contributed by atoms with van der Waals surface area (Å²) in [7, 11) is 2.73. The summed E-state index contributed by atoms with van der Waals surface area (Å²) in [5, 5.41) is 2.40. The summed E-state index contributed by atoms with van der Waals surface area (Å²) in [6, 6.07) is 0.